The maximum atomic E-state index is 12.8. The molecule has 2 rings (SSSR count). The minimum absolute atomic E-state index is 0.155. The third kappa shape index (κ3) is 3.04. The second kappa shape index (κ2) is 6.40. The minimum atomic E-state index is -0.186. The topological polar surface area (TPSA) is 32.3 Å². The Morgan fingerprint density at radius 1 is 1.20 bits per heavy atom. The Labute approximate surface area is 122 Å². The van der Waals surface area contributed by atoms with Gasteiger partial charge in [-0.15, -0.1) is 0 Å². The number of amides is 1. The van der Waals surface area contributed by atoms with Crippen LogP contribution in [-0.2, 0) is 4.79 Å². The van der Waals surface area contributed by atoms with E-state index < -0.39 is 0 Å². The molecule has 3 unspecified atom stereocenters. The SMILES string of the molecule is CCC(C)N1C(=O)C(c2ccccc2)NC1CC(C)C. The fourth-order valence-corrected chi connectivity index (χ4v) is 2.88. The van der Waals surface area contributed by atoms with Gasteiger partial charge in [0, 0.05) is 6.04 Å². The normalized spacial score (nSPS) is 24.4. The fraction of sp³-hybridized carbons (Fsp3) is 0.588. The Kier molecular flexibility index (Phi) is 4.81. The van der Waals surface area contributed by atoms with Gasteiger partial charge in [-0.2, -0.15) is 0 Å². The highest BCUT2D eigenvalue weighted by molar-refractivity contribution is 5.86. The van der Waals surface area contributed by atoms with E-state index in [9.17, 15) is 4.79 Å². The predicted octanol–water partition coefficient (Wildman–Crippen LogP) is 3.33. The lowest BCUT2D eigenvalue weighted by atomic mass is 10.1. The van der Waals surface area contributed by atoms with Crippen LogP contribution < -0.4 is 5.32 Å². The van der Waals surface area contributed by atoms with Crippen molar-refractivity contribution in [1.82, 2.24) is 10.2 Å². The maximum Gasteiger partial charge on any atom is 0.245 e. The molecule has 0 aromatic heterocycles. The van der Waals surface area contributed by atoms with Crippen LogP contribution in [0.5, 0.6) is 0 Å². The molecule has 1 aliphatic heterocycles. The number of hydrogen-bond donors (Lipinski definition) is 1. The molecular formula is C17H26N2O. The van der Waals surface area contributed by atoms with Gasteiger partial charge in [0.25, 0.3) is 0 Å². The summed E-state index contributed by atoms with van der Waals surface area (Å²) in [5, 5.41) is 3.53. The van der Waals surface area contributed by atoms with Gasteiger partial charge in [-0.25, -0.2) is 0 Å². The standard InChI is InChI=1S/C17H26N2O/c1-5-13(4)19-15(11-12(2)3)18-16(17(19)20)14-9-7-6-8-10-14/h6-10,12-13,15-16,18H,5,11H2,1-4H3. The summed E-state index contributed by atoms with van der Waals surface area (Å²) in [4.78, 5) is 14.8. The van der Waals surface area contributed by atoms with E-state index in [0.717, 1.165) is 18.4 Å². The molecule has 0 bridgehead atoms. The van der Waals surface area contributed by atoms with Crippen LogP contribution in [0.2, 0.25) is 0 Å². The average Bonchev–Trinajstić information content (AvgIpc) is 2.75. The van der Waals surface area contributed by atoms with Crippen LogP contribution in [0.15, 0.2) is 30.3 Å². The molecule has 3 heteroatoms. The van der Waals surface area contributed by atoms with Crippen LogP contribution >= 0.6 is 0 Å². The quantitative estimate of drug-likeness (QED) is 0.893. The molecule has 1 aromatic rings. The van der Waals surface area contributed by atoms with Gasteiger partial charge >= 0.3 is 0 Å². The number of benzene rings is 1. The van der Waals surface area contributed by atoms with Crippen molar-refractivity contribution >= 4 is 5.91 Å². The Morgan fingerprint density at radius 3 is 2.40 bits per heavy atom. The summed E-state index contributed by atoms with van der Waals surface area (Å²) in [5.41, 5.74) is 1.07. The smallest absolute Gasteiger partial charge is 0.245 e. The molecule has 1 amide bonds. The Bertz CT molecular complexity index is 444. The molecule has 110 valence electrons. The highest BCUT2D eigenvalue weighted by Crippen LogP contribution is 2.29. The predicted molar refractivity (Wildman–Crippen MR) is 82.2 cm³/mol. The van der Waals surface area contributed by atoms with Crippen molar-refractivity contribution in [3.05, 3.63) is 35.9 Å². The van der Waals surface area contributed by atoms with E-state index in [4.69, 9.17) is 0 Å². The van der Waals surface area contributed by atoms with Crippen molar-refractivity contribution < 1.29 is 4.79 Å². The molecule has 1 fully saturated rings. The lowest BCUT2D eigenvalue weighted by Crippen LogP contribution is -2.43. The molecular weight excluding hydrogens is 248 g/mol. The third-order valence-corrected chi connectivity index (χ3v) is 4.09. The fourth-order valence-electron chi connectivity index (χ4n) is 2.88. The van der Waals surface area contributed by atoms with Gasteiger partial charge in [0.15, 0.2) is 0 Å². The first kappa shape index (κ1) is 15.0. The Hall–Kier alpha value is -1.35. The zero-order valence-corrected chi connectivity index (χ0v) is 13.0. The van der Waals surface area contributed by atoms with E-state index in [-0.39, 0.29) is 24.2 Å². The molecule has 1 heterocycles. The summed E-state index contributed by atoms with van der Waals surface area (Å²) in [5.74, 6) is 0.789. The van der Waals surface area contributed by atoms with Gasteiger partial charge in [-0.05, 0) is 31.2 Å². The first-order valence-electron chi connectivity index (χ1n) is 7.67. The maximum absolute atomic E-state index is 12.8. The van der Waals surface area contributed by atoms with Crippen LogP contribution in [0.4, 0.5) is 0 Å². The van der Waals surface area contributed by atoms with Crippen molar-refractivity contribution in [2.45, 2.75) is 58.8 Å². The molecule has 3 atom stereocenters. The summed E-state index contributed by atoms with van der Waals surface area (Å²) in [6.45, 7) is 8.69. The summed E-state index contributed by atoms with van der Waals surface area (Å²) in [7, 11) is 0. The highest BCUT2D eigenvalue weighted by atomic mass is 16.2. The average molecular weight is 274 g/mol. The molecule has 0 saturated carbocycles. The molecule has 20 heavy (non-hydrogen) atoms. The van der Waals surface area contributed by atoms with Crippen LogP contribution in [0.25, 0.3) is 0 Å². The molecule has 3 nitrogen and oxygen atoms in total. The van der Waals surface area contributed by atoms with E-state index in [1.54, 1.807) is 0 Å². The van der Waals surface area contributed by atoms with Crippen molar-refractivity contribution in [2.75, 3.05) is 0 Å². The second-order valence-corrected chi connectivity index (χ2v) is 6.16. The number of nitrogens with one attached hydrogen (secondary N) is 1. The molecule has 0 aliphatic carbocycles. The van der Waals surface area contributed by atoms with Crippen LogP contribution in [-0.4, -0.2) is 23.0 Å². The Morgan fingerprint density at radius 2 is 1.85 bits per heavy atom. The highest BCUT2D eigenvalue weighted by Gasteiger charge is 2.41. The summed E-state index contributed by atoms with van der Waals surface area (Å²) in [6.07, 6.45) is 2.14. The number of nitrogens with zero attached hydrogens (tertiary/aromatic N) is 1. The van der Waals surface area contributed by atoms with Gasteiger partial charge < -0.3 is 4.90 Å². The van der Waals surface area contributed by atoms with Crippen LogP contribution in [0, 0.1) is 5.92 Å². The summed E-state index contributed by atoms with van der Waals surface area (Å²) in [6, 6.07) is 10.1. The van der Waals surface area contributed by atoms with Crippen molar-refractivity contribution in [1.29, 1.82) is 0 Å². The summed E-state index contributed by atoms with van der Waals surface area (Å²) < 4.78 is 0. The zero-order valence-electron chi connectivity index (χ0n) is 13.0. The van der Waals surface area contributed by atoms with E-state index >= 15 is 0 Å². The number of carbonyl (C=O) groups is 1. The van der Waals surface area contributed by atoms with E-state index in [1.807, 2.05) is 30.3 Å². The zero-order chi connectivity index (χ0) is 14.7. The number of hydrogen-bond acceptors (Lipinski definition) is 2. The monoisotopic (exact) mass is 274 g/mol. The largest absolute Gasteiger partial charge is 0.323 e. The van der Waals surface area contributed by atoms with Crippen molar-refractivity contribution in [2.24, 2.45) is 5.92 Å². The molecule has 1 aliphatic rings. The van der Waals surface area contributed by atoms with Crippen molar-refractivity contribution in [3.8, 4) is 0 Å². The molecule has 1 saturated heterocycles. The molecule has 0 radical (unpaired) electrons. The van der Waals surface area contributed by atoms with E-state index in [1.165, 1.54) is 0 Å². The van der Waals surface area contributed by atoms with Gasteiger partial charge in [0.2, 0.25) is 5.91 Å². The number of rotatable bonds is 5. The second-order valence-electron chi connectivity index (χ2n) is 6.16. The lowest BCUT2D eigenvalue weighted by molar-refractivity contribution is -0.132. The molecule has 1 aromatic carbocycles. The van der Waals surface area contributed by atoms with Crippen LogP contribution in [0.3, 0.4) is 0 Å². The van der Waals surface area contributed by atoms with E-state index in [2.05, 4.69) is 37.9 Å². The van der Waals surface area contributed by atoms with E-state index in [0.29, 0.717) is 5.92 Å². The Balaban J connectivity index is 2.24. The molecule has 0 spiro atoms. The van der Waals surface area contributed by atoms with Gasteiger partial charge in [-0.3, -0.25) is 10.1 Å². The van der Waals surface area contributed by atoms with Gasteiger partial charge in [0.1, 0.15) is 6.04 Å². The summed E-state index contributed by atoms with van der Waals surface area (Å²) >= 11 is 0. The lowest BCUT2D eigenvalue weighted by Gasteiger charge is -2.30. The van der Waals surface area contributed by atoms with Gasteiger partial charge in [0.05, 0.1) is 6.17 Å². The minimum Gasteiger partial charge on any atom is -0.323 e. The van der Waals surface area contributed by atoms with Crippen molar-refractivity contribution in [3.63, 3.8) is 0 Å². The number of carbonyl (C=O) groups excluding carboxylic acids is 1. The first-order valence-corrected chi connectivity index (χ1v) is 7.67. The van der Waals surface area contributed by atoms with Crippen LogP contribution in [0.1, 0.15) is 52.1 Å². The first-order chi connectivity index (χ1) is 9.54. The third-order valence-electron chi connectivity index (χ3n) is 4.09. The molecule has 1 N–H and O–H groups in total. The van der Waals surface area contributed by atoms with Gasteiger partial charge in [-0.1, -0.05) is 51.1 Å².